The van der Waals surface area contributed by atoms with Gasteiger partial charge >= 0.3 is 0 Å². The van der Waals surface area contributed by atoms with Gasteiger partial charge in [-0.05, 0) is 43.3 Å². The second kappa shape index (κ2) is 8.76. The van der Waals surface area contributed by atoms with Crippen LogP contribution in [0.1, 0.15) is 23.2 Å². The lowest BCUT2D eigenvalue weighted by Crippen LogP contribution is -2.43. The molecule has 8 nitrogen and oxygen atoms in total. The molecule has 0 spiro atoms. The third kappa shape index (κ3) is 4.17. The number of imidazole rings is 1. The van der Waals surface area contributed by atoms with Gasteiger partial charge in [-0.1, -0.05) is 18.2 Å². The van der Waals surface area contributed by atoms with E-state index in [1.165, 1.54) is 0 Å². The molecular weight excluding hydrogens is 404 g/mol. The van der Waals surface area contributed by atoms with Gasteiger partial charge in [-0.25, -0.2) is 15.0 Å². The number of hydrogen-bond acceptors (Lipinski definition) is 6. The summed E-state index contributed by atoms with van der Waals surface area (Å²) in [4.78, 5) is 28.5. The van der Waals surface area contributed by atoms with Gasteiger partial charge in [-0.2, -0.15) is 0 Å². The highest BCUT2D eigenvalue weighted by Gasteiger charge is 2.27. The fraction of sp³-hybridized carbons (Fsp3) is 0.250. The molecule has 0 radical (unpaired) electrons. The molecule has 1 atom stereocenters. The SMILES string of the molecule is Cc1nc2ccccn2c1CC(=O)N1CCO[C@@H](c2cccc(Nc3ccccn3)n2)C1. The lowest BCUT2D eigenvalue weighted by molar-refractivity contribution is -0.138. The minimum atomic E-state index is -0.276. The monoisotopic (exact) mass is 428 g/mol. The summed E-state index contributed by atoms with van der Waals surface area (Å²) in [6.45, 7) is 3.45. The average molecular weight is 428 g/mol. The van der Waals surface area contributed by atoms with Crippen LogP contribution in [0.5, 0.6) is 0 Å². The first-order chi connectivity index (χ1) is 15.7. The smallest absolute Gasteiger partial charge is 0.228 e. The molecule has 162 valence electrons. The number of fused-ring (bicyclic) bond motifs is 1. The molecule has 4 aromatic rings. The van der Waals surface area contributed by atoms with Gasteiger partial charge in [0.2, 0.25) is 5.91 Å². The van der Waals surface area contributed by atoms with E-state index in [4.69, 9.17) is 4.74 Å². The predicted molar refractivity (Wildman–Crippen MR) is 121 cm³/mol. The lowest BCUT2D eigenvalue weighted by Gasteiger charge is -2.33. The van der Waals surface area contributed by atoms with Gasteiger partial charge in [-0.15, -0.1) is 0 Å². The van der Waals surface area contributed by atoms with E-state index in [0.717, 1.165) is 28.5 Å². The zero-order chi connectivity index (χ0) is 21.9. The molecule has 32 heavy (non-hydrogen) atoms. The van der Waals surface area contributed by atoms with Crippen LogP contribution in [0.3, 0.4) is 0 Å². The van der Waals surface area contributed by atoms with Gasteiger partial charge in [0.1, 0.15) is 23.4 Å². The van der Waals surface area contributed by atoms with E-state index in [9.17, 15) is 4.79 Å². The second-order valence-electron chi connectivity index (χ2n) is 7.74. The van der Waals surface area contributed by atoms with Crippen LogP contribution in [-0.2, 0) is 16.0 Å². The summed E-state index contributed by atoms with van der Waals surface area (Å²) in [6, 6.07) is 17.3. The van der Waals surface area contributed by atoms with Crippen LogP contribution in [0.15, 0.2) is 67.0 Å². The van der Waals surface area contributed by atoms with Gasteiger partial charge < -0.3 is 19.4 Å². The molecule has 0 aromatic carbocycles. The van der Waals surface area contributed by atoms with Gasteiger partial charge in [0.25, 0.3) is 0 Å². The molecule has 1 saturated heterocycles. The second-order valence-corrected chi connectivity index (χ2v) is 7.74. The number of pyridine rings is 3. The zero-order valence-electron chi connectivity index (χ0n) is 17.8. The van der Waals surface area contributed by atoms with Crippen molar-refractivity contribution in [2.24, 2.45) is 0 Å². The molecule has 0 unspecified atom stereocenters. The Morgan fingerprint density at radius 1 is 1.09 bits per heavy atom. The Hall–Kier alpha value is -3.78. The number of aryl methyl sites for hydroxylation is 1. The van der Waals surface area contributed by atoms with Crippen molar-refractivity contribution in [1.29, 1.82) is 0 Å². The van der Waals surface area contributed by atoms with Gasteiger partial charge in [0.05, 0.1) is 36.7 Å². The van der Waals surface area contributed by atoms with Crippen LogP contribution in [-0.4, -0.2) is 49.9 Å². The van der Waals surface area contributed by atoms with Crippen LogP contribution in [0.25, 0.3) is 5.65 Å². The molecule has 8 heteroatoms. The molecule has 5 heterocycles. The number of aromatic nitrogens is 4. The lowest BCUT2D eigenvalue weighted by atomic mass is 10.1. The Morgan fingerprint density at radius 3 is 2.84 bits per heavy atom. The van der Waals surface area contributed by atoms with Crippen molar-refractivity contribution in [1.82, 2.24) is 24.3 Å². The molecule has 1 aliphatic heterocycles. The number of morpholine rings is 1. The van der Waals surface area contributed by atoms with Crippen LogP contribution in [0.4, 0.5) is 11.6 Å². The van der Waals surface area contributed by atoms with Crippen molar-refractivity contribution in [3.05, 3.63) is 84.1 Å². The minimum Gasteiger partial charge on any atom is -0.368 e. The maximum absolute atomic E-state index is 13.1. The number of hydrogen-bond donors (Lipinski definition) is 1. The number of amides is 1. The fourth-order valence-corrected chi connectivity index (χ4v) is 3.96. The number of nitrogens with one attached hydrogen (secondary N) is 1. The average Bonchev–Trinajstić information content (AvgIpc) is 3.15. The van der Waals surface area contributed by atoms with Crippen molar-refractivity contribution in [3.8, 4) is 0 Å². The highest BCUT2D eigenvalue weighted by molar-refractivity contribution is 5.79. The summed E-state index contributed by atoms with van der Waals surface area (Å²) < 4.78 is 7.95. The molecule has 1 aliphatic rings. The summed E-state index contributed by atoms with van der Waals surface area (Å²) >= 11 is 0. The number of ether oxygens (including phenoxy) is 1. The fourth-order valence-electron chi connectivity index (χ4n) is 3.96. The minimum absolute atomic E-state index is 0.0646. The summed E-state index contributed by atoms with van der Waals surface area (Å²) in [6.07, 6.45) is 3.70. The number of carbonyl (C=O) groups is 1. The number of anilines is 2. The summed E-state index contributed by atoms with van der Waals surface area (Å²) in [5, 5.41) is 3.20. The van der Waals surface area contributed by atoms with Crippen LogP contribution in [0, 0.1) is 6.92 Å². The largest absolute Gasteiger partial charge is 0.368 e. The standard InChI is InChI=1S/C24H24N6O2/c1-17-19(30-12-5-3-10-23(30)26-17)15-24(31)29-13-14-32-20(16-29)18-7-6-9-22(27-18)28-21-8-2-4-11-25-21/h2-12,20H,13-16H2,1H3,(H,25,27,28)/t20-/m1/s1. The van der Waals surface area contributed by atoms with Crippen molar-refractivity contribution in [2.45, 2.75) is 19.4 Å². The van der Waals surface area contributed by atoms with E-state index in [0.29, 0.717) is 31.9 Å². The predicted octanol–water partition coefficient (Wildman–Crippen LogP) is 3.32. The maximum atomic E-state index is 13.1. The van der Waals surface area contributed by atoms with E-state index in [1.807, 2.05) is 77.0 Å². The first-order valence-electron chi connectivity index (χ1n) is 10.6. The molecule has 1 N–H and O–H groups in total. The Morgan fingerprint density at radius 2 is 1.97 bits per heavy atom. The highest BCUT2D eigenvalue weighted by atomic mass is 16.5. The third-order valence-corrected chi connectivity index (χ3v) is 5.59. The van der Waals surface area contributed by atoms with Crippen molar-refractivity contribution in [3.63, 3.8) is 0 Å². The normalized spacial score (nSPS) is 16.3. The van der Waals surface area contributed by atoms with Gasteiger partial charge in [0, 0.05) is 18.9 Å². The topological polar surface area (TPSA) is 84.7 Å². The molecule has 0 bridgehead atoms. The molecule has 0 saturated carbocycles. The summed E-state index contributed by atoms with van der Waals surface area (Å²) in [5.41, 5.74) is 3.45. The Kier molecular flexibility index (Phi) is 5.51. The summed E-state index contributed by atoms with van der Waals surface area (Å²) in [5.74, 6) is 1.48. The molecule has 4 aromatic heterocycles. The van der Waals surface area contributed by atoms with Crippen LogP contribution >= 0.6 is 0 Å². The van der Waals surface area contributed by atoms with E-state index in [2.05, 4.69) is 20.3 Å². The molecular formula is C24H24N6O2. The first-order valence-corrected chi connectivity index (χ1v) is 10.6. The highest BCUT2D eigenvalue weighted by Crippen LogP contribution is 2.24. The number of nitrogens with zero attached hydrogens (tertiary/aromatic N) is 5. The Labute approximate surface area is 185 Å². The molecule has 1 fully saturated rings. The summed E-state index contributed by atoms with van der Waals surface area (Å²) in [7, 11) is 0. The zero-order valence-corrected chi connectivity index (χ0v) is 17.8. The number of rotatable bonds is 5. The van der Waals surface area contributed by atoms with E-state index < -0.39 is 0 Å². The maximum Gasteiger partial charge on any atom is 0.228 e. The quantitative estimate of drug-likeness (QED) is 0.525. The number of carbonyl (C=O) groups excluding carboxylic acids is 1. The van der Waals surface area contributed by atoms with E-state index in [-0.39, 0.29) is 12.0 Å². The van der Waals surface area contributed by atoms with Crippen LogP contribution in [0.2, 0.25) is 0 Å². The van der Waals surface area contributed by atoms with Gasteiger partial charge in [-0.3, -0.25) is 4.79 Å². The Balaban J connectivity index is 1.29. The van der Waals surface area contributed by atoms with E-state index in [1.54, 1.807) is 6.20 Å². The van der Waals surface area contributed by atoms with Crippen molar-refractivity contribution in [2.75, 3.05) is 25.0 Å². The first kappa shape index (κ1) is 20.1. The Bertz CT molecular complexity index is 1240. The molecule has 1 amide bonds. The molecule has 0 aliphatic carbocycles. The molecule has 5 rings (SSSR count). The van der Waals surface area contributed by atoms with E-state index >= 15 is 0 Å². The van der Waals surface area contributed by atoms with Gasteiger partial charge in [0.15, 0.2) is 0 Å². The van der Waals surface area contributed by atoms with Crippen LogP contribution < -0.4 is 5.32 Å². The van der Waals surface area contributed by atoms with Crippen molar-refractivity contribution < 1.29 is 9.53 Å². The third-order valence-electron chi connectivity index (χ3n) is 5.59. The van der Waals surface area contributed by atoms with Crippen molar-refractivity contribution >= 4 is 23.2 Å².